The van der Waals surface area contributed by atoms with Crippen LogP contribution in [0.15, 0.2) is 53.6 Å². The van der Waals surface area contributed by atoms with E-state index in [2.05, 4.69) is 9.47 Å². The lowest BCUT2D eigenvalue weighted by Crippen LogP contribution is -3.06. The molecule has 0 spiro atoms. The minimum atomic E-state index is -1.19. The fourth-order valence-electron chi connectivity index (χ4n) is 3.04. The van der Waals surface area contributed by atoms with E-state index in [1.807, 2.05) is 0 Å². The number of carbonyl (C=O) groups is 4. The highest BCUT2D eigenvalue weighted by Crippen LogP contribution is 2.26. The summed E-state index contributed by atoms with van der Waals surface area (Å²) in [7, 11) is 0. The first kappa shape index (κ1) is 18.0. The smallest absolute Gasteiger partial charge is 0.346 e. The molecule has 2 heterocycles. The summed E-state index contributed by atoms with van der Waals surface area (Å²) in [4.78, 5) is 51.8. The maximum atomic E-state index is 12.4. The minimum absolute atomic E-state index is 0.0998. The molecule has 1 atom stereocenters. The molecule has 1 aromatic carbocycles. The Morgan fingerprint density at radius 1 is 0.929 bits per heavy atom. The lowest BCUT2D eigenvalue weighted by molar-refractivity contribution is -1.07. The number of nitrogens with one attached hydrogen (secondary N) is 1. The lowest BCUT2D eigenvalue weighted by atomic mass is 10.1. The van der Waals surface area contributed by atoms with Gasteiger partial charge in [0.1, 0.15) is 6.54 Å². The molecule has 1 unspecified atom stereocenters. The zero-order valence-corrected chi connectivity index (χ0v) is 14.5. The maximum Gasteiger partial charge on any atom is 0.346 e. The van der Waals surface area contributed by atoms with Crippen molar-refractivity contribution in [1.82, 2.24) is 0 Å². The number of hydrogen-bond donors (Lipinski definition) is 1. The highest BCUT2D eigenvalue weighted by atomic mass is 16.9. The Hall–Kier alpha value is -3.40. The van der Waals surface area contributed by atoms with Gasteiger partial charge in [0.15, 0.2) is 5.60 Å². The Balaban J connectivity index is 1.48. The Morgan fingerprint density at radius 2 is 1.50 bits per heavy atom. The summed E-state index contributed by atoms with van der Waals surface area (Å²) >= 11 is 0. The molecular weight excluding hydrogens is 370 g/mol. The van der Waals surface area contributed by atoms with Crippen LogP contribution in [-0.4, -0.2) is 29.5 Å². The summed E-state index contributed by atoms with van der Waals surface area (Å²) in [6.45, 7) is 1.44. The van der Waals surface area contributed by atoms with Gasteiger partial charge in [-0.1, -0.05) is 6.07 Å². The number of fused-ring (bicyclic) bond motifs is 1. The number of esters is 4. The monoisotopic (exact) mass is 383 g/mol. The Bertz CT molecular complexity index is 998. The van der Waals surface area contributed by atoms with Crippen LogP contribution in [0.4, 0.5) is 0 Å². The third-order valence-corrected chi connectivity index (χ3v) is 4.47. The van der Waals surface area contributed by atoms with Crippen molar-refractivity contribution in [3.63, 3.8) is 0 Å². The number of hydrogen-bond acceptors (Lipinski definition) is 8. The van der Waals surface area contributed by atoms with Crippen LogP contribution < -0.4 is 5.23 Å². The van der Waals surface area contributed by atoms with Crippen molar-refractivity contribution in [2.45, 2.75) is 19.1 Å². The minimum Gasteiger partial charge on any atom is -0.600 e. The lowest BCUT2D eigenvalue weighted by Gasteiger charge is -2.29. The topological polar surface area (TPSA) is 123 Å². The maximum absolute atomic E-state index is 12.4. The molecule has 0 saturated carbocycles. The SMILES string of the molecule is CC1(O[NH+]([O-])Cc2ccc3c(c2)C(=O)OC3=O)C=CC2=C(C=C1)C(=O)OC2=O. The average molecular weight is 383 g/mol. The number of benzene rings is 1. The van der Waals surface area contributed by atoms with Gasteiger partial charge in [-0.25, -0.2) is 24.4 Å². The van der Waals surface area contributed by atoms with Gasteiger partial charge in [0, 0.05) is 5.56 Å². The molecule has 0 aromatic heterocycles. The van der Waals surface area contributed by atoms with Gasteiger partial charge >= 0.3 is 23.9 Å². The van der Waals surface area contributed by atoms with Crippen molar-refractivity contribution in [2.75, 3.05) is 0 Å². The molecule has 4 rings (SSSR count). The summed E-state index contributed by atoms with van der Waals surface area (Å²) in [5, 5.41) is 11.8. The van der Waals surface area contributed by atoms with Gasteiger partial charge in [-0.2, -0.15) is 4.84 Å². The molecule has 1 N–H and O–H groups in total. The van der Waals surface area contributed by atoms with Crippen LogP contribution in [0, 0.1) is 5.21 Å². The van der Waals surface area contributed by atoms with Gasteiger partial charge in [-0.15, -0.1) is 0 Å². The Labute approximate surface area is 158 Å². The fourth-order valence-corrected chi connectivity index (χ4v) is 3.04. The molecule has 1 aliphatic carbocycles. The van der Waals surface area contributed by atoms with E-state index in [0.29, 0.717) is 5.56 Å². The highest BCUT2D eigenvalue weighted by molar-refractivity contribution is 6.16. The zero-order valence-electron chi connectivity index (χ0n) is 14.5. The predicted octanol–water partition coefficient (Wildman–Crippen LogP) is 0.0762. The Morgan fingerprint density at radius 3 is 2.14 bits per heavy atom. The van der Waals surface area contributed by atoms with Crippen molar-refractivity contribution >= 4 is 23.9 Å². The van der Waals surface area contributed by atoms with Crippen LogP contribution in [0.25, 0.3) is 0 Å². The van der Waals surface area contributed by atoms with Gasteiger partial charge in [0.05, 0.1) is 22.3 Å². The summed E-state index contributed by atoms with van der Waals surface area (Å²) < 4.78 is 9.04. The fraction of sp³-hybridized carbons (Fsp3) is 0.158. The van der Waals surface area contributed by atoms with Gasteiger partial charge in [0.2, 0.25) is 0 Å². The number of cyclic esters (lactones) is 4. The van der Waals surface area contributed by atoms with Crippen molar-refractivity contribution in [2.24, 2.45) is 0 Å². The second kappa shape index (κ2) is 6.34. The van der Waals surface area contributed by atoms with Gasteiger partial charge in [-0.05, 0) is 43.4 Å². The van der Waals surface area contributed by atoms with Crippen molar-refractivity contribution < 1.29 is 38.7 Å². The van der Waals surface area contributed by atoms with E-state index in [1.54, 1.807) is 6.92 Å². The highest BCUT2D eigenvalue weighted by Gasteiger charge is 2.35. The molecule has 3 aliphatic rings. The first-order valence-electron chi connectivity index (χ1n) is 8.26. The molecule has 9 heteroatoms. The Kier molecular flexibility index (Phi) is 4.07. The second-order valence-electron chi connectivity index (χ2n) is 6.56. The summed E-state index contributed by atoms with van der Waals surface area (Å²) in [6.07, 6.45) is 5.71. The summed E-state index contributed by atoms with van der Waals surface area (Å²) in [5.41, 5.74) is -0.256. The number of carbonyl (C=O) groups excluding carboxylic acids is 4. The van der Waals surface area contributed by atoms with Crippen molar-refractivity contribution in [3.8, 4) is 0 Å². The van der Waals surface area contributed by atoms with Gasteiger partial charge < -0.3 is 14.7 Å². The van der Waals surface area contributed by atoms with Crippen LogP contribution in [0.2, 0.25) is 0 Å². The van der Waals surface area contributed by atoms with Gasteiger partial charge in [-0.3, -0.25) is 0 Å². The molecule has 9 nitrogen and oxygen atoms in total. The quantitative estimate of drug-likeness (QED) is 0.440. The van der Waals surface area contributed by atoms with Gasteiger partial charge in [0.25, 0.3) is 0 Å². The molecule has 0 bridgehead atoms. The van der Waals surface area contributed by atoms with E-state index in [-0.39, 0.29) is 28.8 Å². The molecule has 0 saturated heterocycles. The third kappa shape index (κ3) is 3.07. The van der Waals surface area contributed by atoms with Crippen LogP contribution in [0.1, 0.15) is 33.2 Å². The molecule has 0 amide bonds. The first-order chi connectivity index (χ1) is 13.3. The van der Waals surface area contributed by atoms with E-state index in [1.165, 1.54) is 42.5 Å². The molecule has 28 heavy (non-hydrogen) atoms. The van der Waals surface area contributed by atoms with Crippen molar-refractivity contribution in [3.05, 3.63) is 75.5 Å². The van der Waals surface area contributed by atoms with Crippen molar-refractivity contribution in [1.29, 1.82) is 0 Å². The van der Waals surface area contributed by atoms with E-state index in [0.717, 1.165) is 0 Å². The average Bonchev–Trinajstić information content (AvgIpc) is 2.97. The van der Waals surface area contributed by atoms with Crippen LogP contribution in [0.5, 0.6) is 0 Å². The summed E-state index contributed by atoms with van der Waals surface area (Å²) in [6, 6.07) is 4.37. The number of rotatable bonds is 4. The largest absolute Gasteiger partial charge is 0.600 e. The second-order valence-corrected chi connectivity index (χ2v) is 6.56. The summed E-state index contributed by atoms with van der Waals surface area (Å²) in [5.74, 6) is -2.98. The number of ether oxygens (including phenoxy) is 2. The molecular formula is C19H13NO8. The van der Waals surface area contributed by atoms with Crippen LogP contribution >= 0.6 is 0 Å². The van der Waals surface area contributed by atoms with E-state index in [4.69, 9.17) is 4.84 Å². The van der Waals surface area contributed by atoms with E-state index >= 15 is 0 Å². The standard InChI is InChI=1S/C19H13NO8/c1-19(6-4-12-13(5-7-19)17(23)26-16(12)22)28-20(25)9-10-2-3-11-14(8-10)18(24)27-15(11)21/h2-8,20H,9H2,1H3. The third-order valence-electron chi connectivity index (χ3n) is 4.47. The number of hydroxylamine groups is 2. The van der Waals surface area contributed by atoms with E-state index in [9.17, 15) is 24.4 Å². The normalized spacial score (nSPS) is 20.6. The predicted molar refractivity (Wildman–Crippen MR) is 90.1 cm³/mol. The molecule has 1 aromatic rings. The van der Waals surface area contributed by atoms with E-state index < -0.39 is 34.7 Å². The molecule has 0 radical (unpaired) electrons. The number of quaternary nitrogens is 1. The molecule has 2 aliphatic heterocycles. The molecule has 0 fully saturated rings. The first-order valence-corrected chi connectivity index (χ1v) is 8.26. The molecule has 142 valence electrons. The van der Waals surface area contributed by atoms with Crippen LogP contribution in [0.3, 0.4) is 0 Å². The zero-order chi connectivity index (χ0) is 20.1. The van der Waals surface area contributed by atoms with Crippen LogP contribution in [-0.2, 0) is 30.4 Å².